The van der Waals surface area contributed by atoms with Crippen LogP contribution in [0.2, 0.25) is 0 Å². The topological polar surface area (TPSA) is 61.2 Å². The molecule has 0 spiro atoms. The molecule has 0 fully saturated rings. The Morgan fingerprint density at radius 2 is 2.06 bits per heavy atom. The standard InChI is InChI=1S/C12H18N2O3/c1-4-17-12(16)6-5-11(15)8-14-10(3)7-9(2)13-14/h7H,4-6,8H2,1-3H3. The summed E-state index contributed by atoms with van der Waals surface area (Å²) in [6.45, 7) is 6.10. The van der Waals surface area contributed by atoms with Crippen molar-refractivity contribution >= 4 is 11.8 Å². The van der Waals surface area contributed by atoms with Crippen molar-refractivity contribution in [1.29, 1.82) is 0 Å². The summed E-state index contributed by atoms with van der Waals surface area (Å²) in [5, 5.41) is 4.19. The van der Waals surface area contributed by atoms with Gasteiger partial charge in [0.1, 0.15) is 0 Å². The molecule has 1 heterocycles. The number of hydrogen-bond donors (Lipinski definition) is 0. The van der Waals surface area contributed by atoms with Crippen LogP contribution in [0.3, 0.4) is 0 Å². The van der Waals surface area contributed by atoms with E-state index in [4.69, 9.17) is 4.74 Å². The first-order chi connectivity index (χ1) is 8.02. The van der Waals surface area contributed by atoms with E-state index in [2.05, 4.69) is 5.10 Å². The van der Waals surface area contributed by atoms with Crippen molar-refractivity contribution in [3.05, 3.63) is 17.5 Å². The maximum atomic E-state index is 11.6. The number of esters is 1. The van der Waals surface area contributed by atoms with E-state index in [9.17, 15) is 9.59 Å². The smallest absolute Gasteiger partial charge is 0.306 e. The fraction of sp³-hybridized carbons (Fsp3) is 0.583. The molecule has 0 aliphatic heterocycles. The van der Waals surface area contributed by atoms with Gasteiger partial charge in [0.05, 0.1) is 25.3 Å². The van der Waals surface area contributed by atoms with Gasteiger partial charge >= 0.3 is 5.97 Å². The van der Waals surface area contributed by atoms with Crippen LogP contribution in [-0.4, -0.2) is 28.1 Å². The summed E-state index contributed by atoms with van der Waals surface area (Å²) in [7, 11) is 0. The molecule has 1 aromatic rings. The summed E-state index contributed by atoms with van der Waals surface area (Å²) in [6.07, 6.45) is 0.350. The first-order valence-electron chi connectivity index (χ1n) is 5.71. The van der Waals surface area contributed by atoms with Gasteiger partial charge in [0.15, 0.2) is 5.78 Å². The van der Waals surface area contributed by atoms with Gasteiger partial charge in [0.25, 0.3) is 0 Å². The molecule has 0 aromatic carbocycles. The Kier molecular flexibility index (Phi) is 4.87. The fourth-order valence-corrected chi connectivity index (χ4v) is 1.56. The largest absolute Gasteiger partial charge is 0.466 e. The number of ketones is 1. The van der Waals surface area contributed by atoms with Crippen LogP contribution in [-0.2, 0) is 20.9 Å². The van der Waals surface area contributed by atoms with Gasteiger partial charge in [-0.2, -0.15) is 5.10 Å². The van der Waals surface area contributed by atoms with Gasteiger partial charge in [-0.15, -0.1) is 0 Å². The highest BCUT2D eigenvalue weighted by Crippen LogP contribution is 2.03. The summed E-state index contributed by atoms with van der Waals surface area (Å²) in [4.78, 5) is 22.7. The molecule has 5 heteroatoms. The molecule has 5 nitrogen and oxygen atoms in total. The van der Waals surface area contributed by atoms with Crippen LogP contribution >= 0.6 is 0 Å². The normalized spacial score (nSPS) is 10.3. The van der Waals surface area contributed by atoms with Crippen LogP contribution in [0.25, 0.3) is 0 Å². The number of hydrogen-bond acceptors (Lipinski definition) is 4. The van der Waals surface area contributed by atoms with Crippen molar-refractivity contribution in [1.82, 2.24) is 9.78 Å². The van der Waals surface area contributed by atoms with Crippen LogP contribution in [0.5, 0.6) is 0 Å². The third-order valence-electron chi connectivity index (χ3n) is 2.34. The fourth-order valence-electron chi connectivity index (χ4n) is 1.56. The highest BCUT2D eigenvalue weighted by atomic mass is 16.5. The highest BCUT2D eigenvalue weighted by molar-refractivity contribution is 5.82. The zero-order valence-electron chi connectivity index (χ0n) is 10.5. The predicted octanol–water partition coefficient (Wildman–Crippen LogP) is 1.41. The zero-order valence-corrected chi connectivity index (χ0v) is 10.5. The molecule has 1 rings (SSSR count). The van der Waals surface area contributed by atoms with Crippen molar-refractivity contribution < 1.29 is 14.3 Å². The SMILES string of the molecule is CCOC(=O)CCC(=O)Cn1nc(C)cc1C. The zero-order chi connectivity index (χ0) is 12.8. The lowest BCUT2D eigenvalue weighted by Crippen LogP contribution is -2.14. The summed E-state index contributed by atoms with van der Waals surface area (Å²) < 4.78 is 6.41. The van der Waals surface area contributed by atoms with Crippen LogP contribution in [0.1, 0.15) is 31.2 Å². The quantitative estimate of drug-likeness (QED) is 0.703. The Morgan fingerprint density at radius 3 is 2.59 bits per heavy atom. The average Bonchev–Trinajstić information content (AvgIpc) is 2.55. The number of Topliss-reactive ketones (excluding diaryl/α,β-unsaturated/α-hetero) is 1. The lowest BCUT2D eigenvalue weighted by molar-refractivity contribution is -0.144. The number of ether oxygens (including phenoxy) is 1. The van der Waals surface area contributed by atoms with E-state index in [-0.39, 0.29) is 31.1 Å². The maximum absolute atomic E-state index is 11.6. The van der Waals surface area contributed by atoms with Crippen LogP contribution in [0.4, 0.5) is 0 Å². The summed E-state index contributed by atoms with van der Waals surface area (Å²) in [6, 6.07) is 1.92. The average molecular weight is 238 g/mol. The number of aryl methyl sites for hydroxylation is 2. The molecule has 0 aliphatic carbocycles. The third kappa shape index (κ3) is 4.38. The van der Waals surface area contributed by atoms with Gasteiger partial charge < -0.3 is 4.74 Å². The van der Waals surface area contributed by atoms with E-state index < -0.39 is 0 Å². The molecule has 0 amide bonds. The third-order valence-corrected chi connectivity index (χ3v) is 2.34. The van der Waals surface area contributed by atoms with Crippen molar-refractivity contribution in [3.8, 4) is 0 Å². The minimum atomic E-state index is -0.325. The number of carbonyl (C=O) groups is 2. The van der Waals surface area contributed by atoms with Crippen LogP contribution < -0.4 is 0 Å². The number of carbonyl (C=O) groups excluding carboxylic acids is 2. The van der Waals surface area contributed by atoms with Gasteiger partial charge in [0, 0.05) is 12.1 Å². The Bertz CT molecular complexity index is 410. The minimum Gasteiger partial charge on any atom is -0.466 e. The Morgan fingerprint density at radius 1 is 1.35 bits per heavy atom. The molecular formula is C12H18N2O3. The molecule has 1 aromatic heterocycles. The lowest BCUT2D eigenvalue weighted by atomic mass is 10.2. The van der Waals surface area contributed by atoms with Crippen molar-refractivity contribution in [2.24, 2.45) is 0 Å². The highest BCUT2D eigenvalue weighted by Gasteiger charge is 2.10. The summed E-state index contributed by atoms with van der Waals surface area (Å²) in [5.41, 5.74) is 1.84. The van der Waals surface area contributed by atoms with E-state index in [0.717, 1.165) is 11.4 Å². The second kappa shape index (κ2) is 6.18. The van der Waals surface area contributed by atoms with E-state index >= 15 is 0 Å². The van der Waals surface area contributed by atoms with E-state index in [0.29, 0.717) is 6.61 Å². The molecule has 0 radical (unpaired) electrons. The van der Waals surface area contributed by atoms with E-state index in [1.807, 2.05) is 19.9 Å². The van der Waals surface area contributed by atoms with Crippen molar-refractivity contribution in [3.63, 3.8) is 0 Å². The van der Waals surface area contributed by atoms with Crippen molar-refractivity contribution in [2.75, 3.05) is 6.61 Å². The summed E-state index contributed by atoms with van der Waals surface area (Å²) >= 11 is 0. The van der Waals surface area contributed by atoms with Gasteiger partial charge in [-0.25, -0.2) is 0 Å². The van der Waals surface area contributed by atoms with Crippen molar-refractivity contribution in [2.45, 2.75) is 40.2 Å². The second-order valence-electron chi connectivity index (χ2n) is 3.93. The van der Waals surface area contributed by atoms with Gasteiger partial charge in [0.2, 0.25) is 0 Å². The molecule has 0 bridgehead atoms. The Hall–Kier alpha value is -1.65. The molecule has 0 N–H and O–H groups in total. The molecule has 17 heavy (non-hydrogen) atoms. The number of aromatic nitrogens is 2. The molecule has 0 atom stereocenters. The van der Waals surface area contributed by atoms with Gasteiger partial charge in [-0.05, 0) is 26.8 Å². The number of nitrogens with zero attached hydrogens (tertiary/aromatic N) is 2. The first kappa shape index (κ1) is 13.4. The van der Waals surface area contributed by atoms with E-state index in [1.54, 1.807) is 11.6 Å². The Labute approximate surface area is 101 Å². The molecule has 94 valence electrons. The van der Waals surface area contributed by atoms with E-state index in [1.165, 1.54) is 0 Å². The molecule has 0 saturated heterocycles. The molecule has 0 aliphatic rings. The Balaban J connectivity index is 2.40. The minimum absolute atomic E-state index is 0.00995. The lowest BCUT2D eigenvalue weighted by Gasteiger charge is -2.04. The van der Waals surface area contributed by atoms with Gasteiger partial charge in [-0.3, -0.25) is 14.3 Å². The summed E-state index contributed by atoms with van der Waals surface area (Å²) in [5.74, 6) is -0.335. The van der Waals surface area contributed by atoms with Crippen LogP contribution in [0, 0.1) is 13.8 Å². The maximum Gasteiger partial charge on any atom is 0.306 e. The first-order valence-corrected chi connectivity index (χ1v) is 5.71. The van der Waals surface area contributed by atoms with Crippen LogP contribution in [0.15, 0.2) is 6.07 Å². The second-order valence-corrected chi connectivity index (χ2v) is 3.93. The number of rotatable bonds is 6. The van der Waals surface area contributed by atoms with Gasteiger partial charge in [-0.1, -0.05) is 0 Å². The monoisotopic (exact) mass is 238 g/mol. The predicted molar refractivity (Wildman–Crippen MR) is 62.6 cm³/mol. The molecule has 0 saturated carbocycles. The molecular weight excluding hydrogens is 220 g/mol. The molecule has 0 unspecified atom stereocenters.